The molecule has 0 aliphatic heterocycles. The van der Waals surface area contributed by atoms with Gasteiger partial charge in [-0.05, 0) is 47.5 Å². The summed E-state index contributed by atoms with van der Waals surface area (Å²) in [5.74, 6) is -0.275. The Labute approximate surface area is 168 Å². The van der Waals surface area contributed by atoms with Gasteiger partial charge in [-0.15, -0.1) is 0 Å². The fourth-order valence-corrected chi connectivity index (χ4v) is 3.61. The van der Waals surface area contributed by atoms with E-state index < -0.39 is 10.2 Å². The topological polar surface area (TPSA) is 66.7 Å². The number of aromatic nitrogens is 2. The summed E-state index contributed by atoms with van der Waals surface area (Å²) in [6.45, 7) is 0. The molecule has 6 nitrogen and oxygen atoms in total. The predicted octanol–water partition coefficient (Wildman–Crippen LogP) is 4.03. The molecule has 2 aromatic carbocycles. The number of hydrogen-bond donors (Lipinski definition) is 1. The van der Waals surface area contributed by atoms with Crippen molar-refractivity contribution in [3.63, 3.8) is 0 Å². The van der Waals surface area contributed by atoms with E-state index in [0.717, 1.165) is 32.3 Å². The van der Waals surface area contributed by atoms with Gasteiger partial charge in [-0.25, -0.2) is 9.37 Å². The number of fused-ring (bicyclic) bond motifs is 1. The van der Waals surface area contributed by atoms with Crippen LogP contribution in [0.15, 0.2) is 73.1 Å². The van der Waals surface area contributed by atoms with Crippen molar-refractivity contribution in [1.82, 2.24) is 13.7 Å². The Kier molecular flexibility index (Phi) is 4.81. The van der Waals surface area contributed by atoms with Gasteiger partial charge in [0, 0.05) is 25.9 Å². The number of nitrogens with zero attached hydrogens (tertiary/aromatic N) is 3. The van der Waals surface area contributed by atoms with Crippen LogP contribution in [0.2, 0.25) is 0 Å². The molecule has 148 valence electrons. The molecular formula is C21H19FN4O2S. The number of pyridine rings is 1. The molecule has 0 amide bonds. The van der Waals surface area contributed by atoms with Crippen LogP contribution in [-0.4, -0.2) is 36.2 Å². The number of hydrogen-bond acceptors (Lipinski definition) is 3. The average molecular weight is 410 g/mol. The average Bonchev–Trinajstić information content (AvgIpc) is 3.11. The molecule has 0 saturated heterocycles. The Bertz CT molecular complexity index is 1280. The van der Waals surface area contributed by atoms with E-state index in [1.807, 2.05) is 28.8 Å². The van der Waals surface area contributed by atoms with E-state index in [1.54, 1.807) is 36.5 Å². The standard InChI is InChI=1S/C21H19FN4O2S/c1-25(2)29(27,28)24-19-5-3-4-17(12-19)20-14-23-21-13-16(10-11-26(20)21)15-6-8-18(22)9-7-15/h3-14,24H,1-2H3. The van der Waals surface area contributed by atoms with Gasteiger partial charge in [0.25, 0.3) is 0 Å². The molecule has 0 fully saturated rings. The van der Waals surface area contributed by atoms with E-state index in [-0.39, 0.29) is 5.82 Å². The maximum Gasteiger partial charge on any atom is 0.301 e. The molecule has 29 heavy (non-hydrogen) atoms. The van der Waals surface area contributed by atoms with Crippen LogP contribution in [-0.2, 0) is 10.2 Å². The van der Waals surface area contributed by atoms with Gasteiger partial charge in [0.2, 0.25) is 0 Å². The van der Waals surface area contributed by atoms with Crippen LogP contribution < -0.4 is 4.72 Å². The van der Waals surface area contributed by atoms with Crippen molar-refractivity contribution >= 4 is 21.5 Å². The lowest BCUT2D eigenvalue weighted by Crippen LogP contribution is -2.28. The molecule has 2 aromatic heterocycles. The minimum Gasteiger partial charge on any atom is -0.300 e. The Morgan fingerprint density at radius 3 is 2.45 bits per heavy atom. The van der Waals surface area contributed by atoms with E-state index >= 15 is 0 Å². The number of anilines is 1. The zero-order valence-corrected chi connectivity index (χ0v) is 16.7. The van der Waals surface area contributed by atoms with Crippen LogP contribution in [0.3, 0.4) is 0 Å². The van der Waals surface area contributed by atoms with E-state index in [4.69, 9.17) is 0 Å². The normalized spacial score (nSPS) is 11.9. The van der Waals surface area contributed by atoms with E-state index in [9.17, 15) is 12.8 Å². The van der Waals surface area contributed by atoms with Gasteiger partial charge < -0.3 is 0 Å². The molecule has 0 saturated carbocycles. The van der Waals surface area contributed by atoms with Crippen LogP contribution in [0.1, 0.15) is 0 Å². The molecule has 8 heteroatoms. The van der Waals surface area contributed by atoms with Crippen molar-refractivity contribution in [3.8, 4) is 22.4 Å². The molecule has 1 N–H and O–H groups in total. The van der Waals surface area contributed by atoms with E-state index in [0.29, 0.717) is 5.69 Å². The van der Waals surface area contributed by atoms with Crippen LogP contribution >= 0.6 is 0 Å². The zero-order valence-electron chi connectivity index (χ0n) is 15.9. The molecule has 0 spiro atoms. The van der Waals surface area contributed by atoms with Crippen molar-refractivity contribution < 1.29 is 12.8 Å². The molecule has 0 unspecified atom stereocenters. The highest BCUT2D eigenvalue weighted by Gasteiger charge is 2.14. The lowest BCUT2D eigenvalue weighted by Gasteiger charge is -2.14. The Hall–Kier alpha value is -3.23. The van der Waals surface area contributed by atoms with Crippen molar-refractivity contribution in [1.29, 1.82) is 0 Å². The molecule has 0 bridgehead atoms. The van der Waals surface area contributed by atoms with Crippen molar-refractivity contribution in [3.05, 3.63) is 78.9 Å². The molecule has 4 aromatic rings. The monoisotopic (exact) mass is 410 g/mol. The first kappa shape index (κ1) is 19.1. The minimum absolute atomic E-state index is 0.275. The second-order valence-corrected chi connectivity index (χ2v) is 8.65. The molecule has 0 aliphatic carbocycles. The number of nitrogens with one attached hydrogen (secondary N) is 1. The van der Waals surface area contributed by atoms with Crippen LogP contribution in [0, 0.1) is 5.82 Å². The first-order chi connectivity index (χ1) is 13.8. The van der Waals surface area contributed by atoms with Gasteiger partial charge in [-0.3, -0.25) is 9.12 Å². The van der Waals surface area contributed by atoms with Crippen molar-refractivity contribution in [2.45, 2.75) is 0 Å². The smallest absolute Gasteiger partial charge is 0.300 e. The fraction of sp³-hybridized carbons (Fsp3) is 0.0952. The quantitative estimate of drug-likeness (QED) is 0.540. The minimum atomic E-state index is -3.58. The number of imidazole rings is 1. The summed E-state index contributed by atoms with van der Waals surface area (Å²) in [6.07, 6.45) is 3.64. The summed E-state index contributed by atoms with van der Waals surface area (Å²) >= 11 is 0. The highest BCUT2D eigenvalue weighted by Crippen LogP contribution is 2.27. The number of rotatable bonds is 5. The zero-order chi connectivity index (χ0) is 20.6. The molecular weight excluding hydrogens is 391 g/mol. The van der Waals surface area contributed by atoms with E-state index in [2.05, 4.69) is 9.71 Å². The summed E-state index contributed by atoms with van der Waals surface area (Å²) in [5, 5.41) is 0. The summed E-state index contributed by atoms with van der Waals surface area (Å²) < 4.78 is 42.9. The lowest BCUT2D eigenvalue weighted by molar-refractivity contribution is 0.527. The Morgan fingerprint density at radius 2 is 1.72 bits per heavy atom. The highest BCUT2D eigenvalue weighted by atomic mass is 32.2. The molecule has 0 aliphatic rings. The third kappa shape index (κ3) is 3.85. The highest BCUT2D eigenvalue weighted by molar-refractivity contribution is 7.90. The van der Waals surface area contributed by atoms with Crippen molar-refractivity contribution in [2.24, 2.45) is 0 Å². The summed E-state index contributed by atoms with van der Waals surface area (Å²) in [6, 6.07) is 17.3. The third-order valence-electron chi connectivity index (χ3n) is 4.58. The van der Waals surface area contributed by atoms with Crippen molar-refractivity contribution in [2.75, 3.05) is 18.8 Å². The van der Waals surface area contributed by atoms with E-state index in [1.165, 1.54) is 26.2 Å². The second-order valence-electron chi connectivity index (χ2n) is 6.76. The Balaban J connectivity index is 1.70. The maximum absolute atomic E-state index is 13.2. The van der Waals surface area contributed by atoms with Gasteiger partial charge in [0.1, 0.15) is 11.5 Å². The maximum atomic E-state index is 13.2. The summed E-state index contributed by atoms with van der Waals surface area (Å²) in [4.78, 5) is 4.47. The first-order valence-electron chi connectivity index (χ1n) is 8.87. The summed E-state index contributed by atoms with van der Waals surface area (Å²) in [7, 11) is -0.649. The third-order valence-corrected chi connectivity index (χ3v) is 6.03. The van der Waals surface area contributed by atoms with Gasteiger partial charge in [-0.2, -0.15) is 12.7 Å². The van der Waals surface area contributed by atoms with Crippen LogP contribution in [0.25, 0.3) is 28.0 Å². The SMILES string of the molecule is CN(C)S(=O)(=O)Nc1cccc(-c2cnc3cc(-c4ccc(F)cc4)ccn23)c1. The molecule has 0 atom stereocenters. The number of benzene rings is 2. The first-order valence-corrected chi connectivity index (χ1v) is 10.3. The molecule has 2 heterocycles. The molecule has 4 rings (SSSR count). The van der Waals surface area contributed by atoms with Gasteiger partial charge >= 0.3 is 10.2 Å². The largest absolute Gasteiger partial charge is 0.301 e. The Morgan fingerprint density at radius 1 is 0.966 bits per heavy atom. The van der Waals surface area contributed by atoms with Gasteiger partial charge in [-0.1, -0.05) is 24.3 Å². The van der Waals surface area contributed by atoms with Crippen LogP contribution in [0.4, 0.5) is 10.1 Å². The van der Waals surface area contributed by atoms with Gasteiger partial charge in [0.05, 0.1) is 17.6 Å². The van der Waals surface area contributed by atoms with Gasteiger partial charge in [0.15, 0.2) is 0 Å². The molecule has 0 radical (unpaired) electrons. The lowest BCUT2D eigenvalue weighted by atomic mass is 10.1. The number of halogens is 1. The fourth-order valence-electron chi connectivity index (χ4n) is 3.00. The predicted molar refractivity (Wildman–Crippen MR) is 112 cm³/mol. The summed E-state index contributed by atoms with van der Waals surface area (Å²) in [5.41, 5.74) is 4.69. The second kappa shape index (κ2) is 7.31. The van der Waals surface area contributed by atoms with Crippen LogP contribution in [0.5, 0.6) is 0 Å².